The maximum absolute atomic E-state index is 9.87. The highest BCUT2D eigenvalue weighted by molar-refractivity contribution is 6.29. The molecule has 0 amide bonds. The number of furan rings is 2. The quantitative estimate of drug-likeness (QED) is 0.161. The van der Waals surface area contributed by atoms with Gasteiger partial charge < -0.3 is 13.7 Å². The summed E-state index contributed by atoms with van der Waals surface area (Å²) < 4.78 is 78.6. The van der Waals surface area contributed by atoms with Crippen molar-refractivity contribution in [2.24, 2.45) is 0 Å². The lowest BCUT2D eigenvalue weighted by molar-refractivity contribution is 0.636. The molecule has 3 nitrogen and oxygen atoms in total. The average molecular weight is 711 g/mol. The van der Waals surface area contributed by atoms with Crippen LogP contribution in [0.2, 0.25) is 0 Å². The second-order valence-electron chi connectivity index (χ2n) is 13.5. The minimum atomic E-state index is -0.459. The second kappa shape index (κ2) is 12.6. The number of hydrogen-bond acceptors (Lipinski definition) is 3. The van der Waals surface area contributed by atoms with Crippen molar-refractivity contribution >= 4 is 71.5 Å². The summed E-state index contributed by atoms with van der Waals surface area (Å²) in [5.74, 6) is 0.448. The Hall–Kier alpha value is -7.36. The monoisotopic (exact) mass is 710 g/mol. The van der Waals surface area contributed by atoms with E-state index in [9.17, 15) is 6.85 Å². The molecule has 0 N–H and O–H groups in total. The van der Waals surface area contributed by atoms with E-state index in [-0.39, 0.29) is 62.9 Å². The fourth-order valence-electron chi connectivity index (χ4n) is 7.78. The van der Waals surface area contributed by atoms with Crippen LogP contribution in [0.1, 0.15) is 9.60 Å². The Bertz CT molecular complexity index is 3550. The van der Waals surface area contributed by atoms with Crippen LogP contribution in [0, 0.1) is 0 Å². The zero-order chi connectivity index (χ0) is 42.4. The van der Waals surface area contributed by atoms with Gasteiger partial charge in [0, 0.05) is 55.8 Å². The number of nitrogens with zero attached hydrogens (tertiary/aromatic N) is 1. The van der Waals surface area contributed by atoms with Crippen molar-refractivity contribution in [2.75, 3.05) is 4.90 Å². The van der Waals surface area contributed by atoms with E-state index in [0.717, 1.165) is 39.0 Å². The number of rotatable bonds is 6. The SMILES string of the molecule is [2H]c1c(-c2ccc3c(c2)oc2cc(N(c4ccccc4)c4ccccc4)ccc23)c([2H])c2c(c1[2H])c1oc(-c3ccccc3)c(-c3ccccc3)c1c1c([2H])c([2H])c([2H])c([2H])c21. The zero-order valence-electron chi connectivity index (χ0n) is 36.3. The van der Waals surface area contributed by atoms with Crippen LogP contribution >= 0.6 is 0 Å². The predicted octanol–water partition coefficient (Wildman–Crippen LogP) is 15.1. The van der Waals surface area contributed by atoms with E-state index in [2.05, 4.69) is 35.2 Å². The van der Waals surface area contributed by atoms with Gasteiger partial charge in [-0.05, 0) is 93.5 Å². The summed E-state index contributed by atoms with van der Waals surface area (Å²) in [6, 6.07) is 48.6. The molecule has 55 heavy (non-hydrogen) atoms. The molecule has 0 aliphatic carbocycles. The van der Waals surface area contributed by atoms with Crippen molar-refractivity contribution in [1.82, 2.24) is 0 Å². The van der Waals surface area contributed by atoms with Gasteiger partial charge in [0.15, 0.2) is 0 Å². The molecule has 0 saturated heterocycles. The molecule has 0 aliphatic heterocycles. The molecule has 0 saturated carbocycles. The summed E-state index contributed by atoms with van der Waals surface area (Å²) >= 11 is 0. The van der Waals surface area contributed by atoms with E-state index in [1.165, 1.54) is 0 Å². The molecule has 3 heteroatoms. The van der Waals surface area contributed by atoms with E-state index < -0.39 is 12.1 Å². The van der Waals surface area contributed by atoms with Gasteiger partial charge >= 0.3 is 0 Å². The fraction of sp³-hybridized carbons (Fsp3) is 0. The number of hydrogen-bond donors (Lipinski definition) is 0. The normalized spacial score (nSPS) is 13.4. The third-order valence-corrected chi connectivity index (χ3v) is 10.3. The molecule has 0 unspecified atom stereocenters. The third-order valence-electron chi connectivity index (χ3n) is 10.3. The maximum atomic E-state index is 9.87. The van der Waals surface area contributed by atoms with Crippen molar-refractivity contribution in [3.05, 3.63) is 200 Å². The Morgan fingerprint density at radius 1 is 0.400 bits per heavy atom. The molecule has 2 heterocycles. The highest BCUT2D eigenvalue weighted by atomic mass is 16.3. The first-order valence-corrected chi connectivity index (χ1v) is 18.1. The summed E-state index contributed by atoms with van der Waals surface area (Å²) in [7, 11) is 0. The van der Waals surface area contributed by atoms with Crippen molar-refractivity contribution in [3.63, 3.8) is 0 Å². The molecule has 0 fully saturated rings. The van der Waals surface area contributed by atoms with Gasteiger partial charge in [-0.3, -0.25) is 0 Å². The summed E-state index contributed by atoms with van der Waals surface area (Å²) in [6.07, 6.45) is 0. The Morgan fingerprint density at radius 2 is 1.00 bits per heavy atom. The van der Waals surface area contributed by atoms with E-state index in [1.807, 2.05) is 121 Å². The van der Waals surface area contributed by atoms with E-state index in [0.29, 0.717) is 33.4 Å². The van der Waals surface area contributed by atoms with Gasteiger partial charge in [0.25, 0.3) is 0 Å². The topological polar surface area (TPSA) is 29.5 Å². The Labute approximate surface area is 327 Å². The van der Waals surface area contributed by atoms with Gasteiger partial charge in [-0.2, -0.15) is 0 Å². The average Bonchev–Trinajstić information content (AvgIpc) is 3.89. The first-order chi connectivity index (χ1) is 30.2. The van der Waals surface area contributed by atoms with Gasteiger partial charge in [0.05, 0.1) is 9.60 Å². The highest BCUT2D eigenvalue weighted by Gasteiger charge is 2.23. The van der Waals surface area contributed by atoms with Crippen LogP contribution in [0.4, 0.5) is 17.1 Å². The molecular formula is C52H33NO2. The van der Waals surface area contributed by atoms with Crippen LogP contribution in [-0.4, -0.2) is 0 Å². The Morgan fingerprint density at radius 3 is 1.69 bits per heavy atom. The van der Waals surface area contributed by atoms with Crippen LogP contribution in [0.15, 0.2) is 209 Å². The van der Waals surface area contributed by atoms with Gasteiger partial charge in [-0.1, -0.05) is 133 Å². The predicted molar refractivity (Wildman–Crippen MR) is 229 cm³/mol. The van der Waals surface area contributed by atoms with Crippen molar-refractivity contribution in [3.8, 4) is 33.6 Å². The number of benzene rings is 9. The standard InChI is InChI=1S/C52H33NO2/c1-5-15-34(16-6-1)49-50-44-24-14-13-23-41(44)46-31-36(26-29-45(46)52(50)55-51(49)35-17-7-2-8-18-35)37-25-28-42-43-30-27-40(33-48(43)54-47(42)32-37)53(38-19-9-3-10-20-38)39-21-11-4-12-22-39/h1-33H/i13D,14D,23D,24D,26D,29D,31D. The van der Waals surface area contributed by atoms with Crippen molar-refractivity contribution < 1.29 is 18.4 Å². The minimum absolute atomic E-state index is 0.0922. The van der Waals surface area contributed by atoms with Crippen LogP contribution < -0.4 is 4.90 Å². The zero-order valence-corrected chi connectivity index (χ0v) is 29.3. The number of para-hydroxylation sites is 2. The van der Waals surface area contributed by atoms with Crippen LogP contribution in [0.3, 0.4) is 0 Å². The molecule has 0 radical (unpaired) electrons. The minimum Gasteiger partial charge on any atom is -0.456 e. The molecular weight excluding hydrogens is 671 g/mol. The lowest BCUT2D eigenvalue weighted by atomic mass is 9.91. The first-order valence-electron chi connectivity index (χ1n) is 21.6. The second-order valence-corrected chi connectivity index (χ2v) is 13.5. The van der Waals surface area contributed by atoms with Gasteiger partial charge in [0.1, 0.15) is 22.5 Å². The summed E-state index contributed by atoms with van der Waals surface area (Å²) in [4.78, 5) is 2.16. The fourth-order valence-corrected chi connectivity index (χ4v) is 7.78. The van der Waals surface area contributed by atoms with E-state index in [4.69, 9.17) is 11.6 Å². The van der Waals surface area contributed by atoms with Gasteiger partial charge in [-0.15, -0.1) is 0 Å². The Balaban J connectivity index is 1.17. The molecule has 11 aromatic rings. The van der Waals surface area contributed by atoms with Crippen LogP contribution in [0.25, 0.3) is 88.0 Å². The summed E-state index contributed by atoms with van der Waals surface area (Å²) in [5, 5.41) is 2.64. The van der Waals surface area contributed by atoms with Crippen molar-refractivity contribution in [1.29, 1.82) is 0 Å². The van der Waals surface area contributed by atoms with Crippen molar-refractivity contribution in [2.45, 2.75) is 0 Å². The molecule has 9 aromatic carbocycles. The molecule has 0 spiro atoms. The molecule has 2 aromatic heterocycles. The first kappa shape index (κ1) is 24.8. The van der Waals surface area contributed by atoms with E-state index >= 15 is 0 Å². The largest absolute Gasteiger partial charge is 0.456 e. The lowest BCUT2D eigenvalue weighted by Crippen LogP contribution is -2.09. The lowest BCUT2D eigenvalue weighted by Gasteiger charge is -2.25. The molecule has 0 aliphatic rings. The smallest absolute Gasteiger partial charge is 0.143 e. The molecule has 258 valence electrons. The summed E-state index contributed by atoms with van der Waals surface area (Å²) in [6.45, 7) is 0. The number of fused-ring (bicyclic) bond motifs is 9. The highest BCUT2D eigenvalue weighted by Crippen LogP contribution is 2.48. The molecule has 0 atom stereocenters. The van der Waals surface area contributed by atoms with E-state index in [1.54, 1.807) is 6.07 Å². The maximum Gasteiger partial charge on any atom is 0.143 e. The molecule has 11 rings (SSSR count). The van der Waals surface area contributed by atoms with Gasteiger partial charge in [-0.25, -0.2) is 0 Å². The van der Waals surface area contributed by atoms with Crippen LogP contribution in [0.5, 0.6) is 0 Å². The number of anilines is 3. The Kier molecular flexibility index (Phi) is 5.70. The van der Waals surface area contributed by atoms with Crippen LogP contribution in [-0.2, 0) is 0 Å². The summed E-state index contributed by atoms with van der Waals surface area (Å²) in [5.41, 5.74) is 6.89. The third kappa shape index (κ3) is 5.13. The molecule has 0 bridgehead atoms. The van der Waals surface area contributed by atoms with Gasteiger partial charge in [0.2, 0.25) is 0 Å².